The van der Waals surface area contributed by atoms with Gasteiger partial charge in [-0.3, -0.25) is 4.79 Å². The summed E-state index contributed by atoms with van der Waals surface area (Å²) in [7, 11) is 0. The fourth-order valence-electron chi connectivity index (χ4n) is 2.51. The molecule has 0 aliphatic carbocycles. The standard InChI is InChI=1S/C16H22N2O/c1-12-7-6-10-18(11-12)16(19)13(2)15(17)14-8-4-3-5-9-14/h3-5,7-9,13,15H,6,10-11,17H2,1-2H3. The Morgan fingerprint density at radius 3 is 2.63 bits per heavy atom. The third-order valence-electron chi connectivity index (χ3n) is 3.76. The Hall–Kier alpha value is -1.61. The molecule has 0 spiro atoms. The summed E-state index contributed by atoms with van der Waals surface area (Å²) in [5.41, 5.74) is 8.50. The summed E-state index contributed by atoms with van der Waals surface area (Å²) in [4.78, 5) is 14.4. The van der Waals surface area contributed by atoms with Crippen molar-refractivity contribution in [2.75, 3.05) is 13.1 Å². The van der Waals surface area contributed by atoms with Crippen molar-refractivity contribution < 1.29 is 4.79 Å². The van der Waals surface area contributed by atoms with Gasteiger partial charge in [0.25, 0.3) is 0 Å². The quantitative estimate of drug-likeness (QED) is 0.847. The highest BCUT2D eigenvalue weighted by Gasteiger charge is 2.27. The van der Waals surface area contributed by atoms with Gasteiger partial charge in [-0.25, -0.2) is 0 Å². The number of carbonyl (C=O) groups excluding carboxylic acids is 1. The number of hydrogen-bond donors (Lipinski definition) is 1. The van der Waals surface area contributed by atoms with Crippen molar-refractivity contribution in [3.63, 3.8) is 0 Å². The Kier molecular flexibility index (Phi) is 4.38. The molecule has 102 valence electrons. The van der Waals surface area contributed by atoms with Gasteiger partial charge in [0, 0.05) is 19.1 Å². The lowest BCUT2D eigenvalue weighted by Gasteiger charge is -2.31. The number of amides is 1. The normalized spacial score (nSPS) is 18.7. The molecule has 3 nitrogen and oxygen atoms in total. The molecule has 0 fully saturated rings. The second kappa shape index (κ2) is 6.02. The molecule has 1 amide bonds. The summed E-state index contributed by atoms with van der Waals surface area (Å²) in [5.74, 6) is -0.0305. The zero-order chi connectivity index (χ0) is 13.8. The van der Waals surface area contributed by atoms with Crippen LogP contribution in [0, 0.1) is 5.92 Å². The first-order valence-electron chi connectivity index (χ1n) is 6.84. The molecule has 2 unspecified atom stereocenters. The van der Waals surface area contributed by atoms with E-state index in [1.165, 1.54) is 5.57 Å². The van der Waals surface area contributed by atoms with E-state index in [4.69, 9.17) is 5.73 Å². The maximum Gasteiger partial charge on any atom is 0.227 e. The van der Waals surface area contributed by atoms with Crippen molar-refractivity contribution in [3.05, 3.63) is 47.5 Å². The lowest BCUT2D eigenvalue weighted by molar-refractivity contribution is -0.135. The summed E-state index contributed by atoms with van der Waals surface area (Å²) in [6.45, 7) is 5.54. The molecule has 2 N–H and O–H groups in total. The van der Waals surface area contributed by atoms with Gasteiger partial charge < -0.3 is 10.6 Å². The van der Waals surface area contributed by atoms with Crippen LogP contribution in [0.25, 0.3) is 0 Å². The summed E-state index contributed by atoms with van der Waals surface area (Å²) in [5, 5.41) is 0. The molecule has 1 heterocycles. The molecule has 0 radical (unpaired) electrons. The van der Waals surface area contributed by atoms with E-state index >= 15 is 0 Å². The molecule has 0 saturated carbocycles. The minimum absolute atomic E-state index is 0.156. The number of hydrogen-bond acceptors (Lipinski definition) is 2. The van der Waals surface area contributed by atoms with E-state index in [2.05, 4.69) is 13.0 Å². The van der Waals surface area contributed by atoms with Crippen LogP contribution in [0.1, 0.15) is 31.9 Å². The fourth-order valence-corrected chi connectivity index (χ4v) is 2.51. The second-order valence-corrected chi connectivity index (χ2v) is 5.32. The molecule has 1 aromatic rings. The number of carbonyl (C=O) groups is 1. The molecule has 19 heavy (non-hydrogen) atoms. The molecular formula is C16H22N2O. The van der Waals surface area contributed by atoms with Gasteiger partial charge in [0.2, 0.25) is 5.91 Å². The van der Waals surface area contributed by atoms with Crippen LogP contribution in [0.15, 0.2) is 42.0 Å². The van der Waals surface area contributed by atoms with E-state index in [-0.39, 0.29) is 17.9 Å². The highest BCUT2D eigenvalue weighted by molar-refractivity contribution is 5.80. The molecule has 2 atom stereocenters. The van der Waals surface area contributed by atoms with E-state index in [1.807, 2.05) is 42.2 Å². The predicted molar refractivity (Wildman–Crippen MR) is 77.5 cm³/mol. The van der Waals surface area contributed by atoms with Crippen molar-refractivity contribution in [2.24, 2.45) is 11.7 Å². The maximum absolute atomic E-state index is 12.5. The summed E-state index contributed by atoms with van der Waals surface area (Å²) in [6, 6.07) is 9.60. The van der Waals surface area contributed by atoms with Gasteiger partial charge in [-0.15, -0.1) is 0 Å². The molecular weight excluding hydrogens is 236 g/mol. The minimum Gasteiger partial charge on any atom is -0.338 e. The first kappa shape index (κ1) is 13.8. The van der Waals surface area contributed by atoms with Gasteiger partial charge in [-0.2, -0.15) is 0 Å². The van der Waals surface area contributed by atoms with Crippen LogP contribution in [-0.2, 0) is 4.79 Å². The average Bonchev–Trinajstić information content (AvgIpc) is 2.46. The van der Waals surface area contributed by atoms with E-state index in [9.17, 15) is 4.79 Å². The van der Waals surface area contributed by atoms with Crippen LogP contribution in [0.3, 0.4) is 0 Å². The zero-order valence-corrected chi connectivity index (χ0v) is 11.7. The van der Waals surface area contributed by atoms with E-state index in [0.29, 0.717) is 0 Å². The van der Waals surface area contributed by atoms with Gasteiger partial charge in [-0.05, 0) is 18.9 Å². The Balaban J connectivity index is 2.05. The topological polar surface area (TPSA) is 46.3 Å². The van der Waals surface area contributed by atoms with Crippen LogP contribution in [0.2, 0.25) is 0 Å². The third kappa shape index (κ3) is 3.24. The van der Waals surface area contributed by atoms with Gasteiger partial charge >= 0.3 is 0 Å². The summed E-state index contributed by atoms with van der Waals surface area (Å²) >= 11 is 0. The van der Waals surface area contributed by atoms with E-state index in [1.54, 1.807) is 0 Å². The highest BCUT2D eigenvalue weighted by Crippen LogP contribution is 2.22. The van der Waals surface area contributed by atoms with Gasteiger partial charge in [-0.1, -0.05) is 48.9 Å². The molecule has 0 bridgehead atoms. The molecule has 1 aliphatic heterocycles. The van der Waals surface area contributed by atoms with Crippen LogP contribution in [-0.4, -0.2) is 23.9 Å². The van der Waals surface area contributed by atoms with Crippen molar-refractivity contribution in [1.82, 2.24) is 4.90 Å². The molecule has 0 saturated heterocycles. The Morgan fingerprint density at radius 1 is 1.32 bits per heavy atom. The highest BCUT2D eigenvalue weighted by atomic mass is 16.2. The van der Waals surface area contributed by atoms with Crippen LogP contribution in [0.5, 0.6) is 0 Å². The SMILES string of the molecule is CC1=CCCN(C(=O)C(C)C(N)c2ccccc2)C1. The minimum atomic E-state index is -0.236. The first-order valence-corrected chi connectivity index (χ1v) is 6.84. The van der Waals surface area contributed by atoms with Crippen molar-refractivity contribution in [2.45, 2.75) is 26.3 Å². The van der Waals surface area contributed by atoms with E-state index < -0.39 is 0 Å². The zero-order valence-electron chi connectivity index (χ0n) is 11.7. The van der Waals surface area contributed by atoms with Crippen LogP contribution >= 0.6 is 0 Å². The molecule has 0 aromatic heterocycles. The Bertz CT molecular complexity index is 467. The van der Waals surface area contributed by atoms with Crippen molar-refractivity contribution in [1.29, 1.82) is 0 Å². The fraction of sp³-hybridized carbons (Fsp3) is 0.438. The number of benzene rings is 1. The Morgan fingerprint density at radius 2 is 2.00 bits per heavy atom. The summed E-state index contributed by atoms with van der Waals surface area (Å²) < 4.78 is 0. The second-order valence-electron chi connectivity index (χ2n) is 5.32. The smallest absolute Gasteiger partial charge is 0.227 e. The molecule has 2 rings (SSSR count). The van der Waals surface area contributed by atoms with E-state index in [0.717, 1.165) is 25.1 Å². The first-order chi connectivity index (χ1) is 9.09. The number of rotatable bonds is 3. The largest absolute Gasteiger partial charge is 0.338 e. The van der Waals surface area contributed by atoms with Gasteiger partial charge in [0.15, 0.2) is 0 Å². The average molecular weight is 258 g/mol. The predicted octanol–water partition coefficient (Wildman–Crippen LogP) is 2.50. The lowest BCUT2D eigenvalue weighted by Crippen LogP contribution is -2.41. The van der Waals surface area contributed by atoms with Gasteiger partial charge in [0.05, 0.1) is 5.92 Å². The van der Waals surface area contributed by atoms with Crippen molar-refractivity contribution >= 4 is 5.91 Å². The molecule has 1 aliphatic rings. The van der Waals surface area contributed by atoms with Crippen LogP contribution in [0.4, 0.5) is 0 Å². The Labute approximate surface area is 115 Å². The van der Waals surface area contributed by atoms with Crippen molar-refractivity contribution in [3.8, 4) is 0 Å². The monoisotopic (exact) mass is 258 g/mol. The molecule has 3 heteroatoms. The summed E-state index contributed by atoms with van der Waals surface area (Å²) in [6.07, 6.45) is 3.15. The van der Waals surface area contributed by atoms with Gasteiger partial charge in [0.1, 0.15) is 0 Å². The van der Waals surface area contributed by atoms with Crippen LogP contribution < -0.4 is 5.73 Å². The molecule has 1 aromatic carbocycles. The number of nitrogens with two attached hydrogens (primary N) is 1. The third-order valence-corrected chi connectivity index (χ3v) is 3.76. The number of nitrogens with zero attached hydrogens (tertiary/aromatic N) is 1. The lowest BCUT2D eigenvalue weighted by atomic mass is 9.93. The maximum atomic E-state index is 12.5.